The topological polar surface area (TPSA) is 47.3 Å². The molecule has 1 aromatic rings. The SMILES string of the molecule is CN(Cc1ccc(C#N)cc1Cl)C1CCCCC1O. The van der Waals surface area contributed by atoms with Gasteiger partial charge in [-0.3, -0.25) is 4.90 Å². The highest BCUT2D eigenvalue weighted by Gasteiger charge is 2.26. The zero-order valence-corrected chi connectivity index (χ0v) is 11.9. The van der Waals surface area contributed by atoms with Crippen LogP contribution in [0.5, 0.6) is 0 Å². The van der Waals surface area contributed by atoms with Gasteiger partial charge in [0, 0.05) is 17.6 Å². The van der Waals surface area contributed by atoms with Crippen molar-refractivity contribution in [2.24, 2.45) is 0 Å². The summed E-state index contributed by atoms with van der Waals surface area (Å²) in [4.78, 5) is 2.16. The molecule has 19 heavy (non-hydrogen) atoms. The maximum absolute atomic E-state index is 10.1. The highest BCUT2D eigenvalue weighted by atomic mass is 35.5. The van der Waals surface area contributed by atoms with Crippen LogP contribution in [0.2, 0.25) is 5.02 Å². The molecule has 4 heteroatoms. The first kappa shape index (κ1) is 14.3. The van der Waals surface area contributed by atoms with E-state index < -0.39 is 0 Å². The third-order valence-corrected chi connectivity index (χ3v) is 4.21. The van der Waals surface area contributed by atoms with E-state index in [2.05, 4.69) is 11.0 Å². The molecule has 0 aliphatic heterocycles. The second kappa shape index (κ2) is 6.38. The van der Waals surface area contributed by atoms with Gasteiger partial charge in [0.2, 0.25) is 0 Å². The average molecular weight is 279 g/mol. The van der Waals surface area contributed by atoms with Crippen LogP contribution >= 0.6 is 11.6 Å². The van der Waals surface area contributed by atoms with Crippen LogP contribution in [0.1, 0.15) is 36.8 Å². The van der Waals surface area contributed by atoms with Crippen molar-refractivity contribution < 1.29 is 5.11 Å². The van der Waals surface area contributed by atoms with Crippen LogP contribution in [0.4, 0.5) is 0 Å². The van der Waals surface area contributed by atoms with E-state index in [9.17, 15) is 5.11 Å². The van der Waals surface area contributed by atoms with Crippen LogP contribution < -0.4 is 0 Å². The monoisotopic (exact) mass is 278 g/mol. The lowest BCUT2D eigenvalue weighted by molar-refractivity contribution is 0.0288. The highest BCUT2D eigenvalue weighted by Crippen LogP contribution is 2.25. The Morgan fingerprint density at radius 3 is 2.79 bits per heavy atom. The molecule has 1 N–H and O–H groups in total. The Morgan fingerprint density at radius 1 is 1.42 bits per heavy atom. The minimum atomic E-state index is -0.240. The van der Waals surface area contributed by atoms with Gasteiger partial charge in [-0.15, -0.1) is 0 Å². The molecule has 1 aliphatic carbocycles. The van der Waals surface area contributed by atoms with Crippen LogP contribution in [0.3, 0.4) is 0 Å². The molecule has 2 atom stereocenters. The first-order valence-corrected chi connectivity index (χ1v) is 7.06. The highest BCUT2D eigenvalue weighted by molar-refractivity contribution is 6.31. The van der Waals surface area contributed by atoms with Crippen LogP contribution in [-0.2, 0) is 6.54 Å². The molecule has 0 heterocycles. The average Bonchev–Trinajstić information content (AvgIpc) is 2.41. The van der Waals surface area contributed by atoms with Crippen molar-refractivity contribution >= 4 is 11.6 Å². The van der Waals surface area contributed by atoms with Crippen molar-refractivity contribution in [1.82, 2.24) is 4.90 Å². The number of likely N-dealkylation sites (N-methyl/N-ethyl adjacent to an activating group) is 1. The largest absolute Gasteiger partial charge is 0.391 e. The van der Waals surface area contributed by atoms with E-state index in [1.165, 1.54) is 6.42 Å². The normalized spacial score (nSPS) is 23.3. The third-order valence-electron chi connectivity index (χ3n) is 3.86. The second-order valence-corrected chi connectivity index (χ2v) is 5.66. The van der Waals surface area contributed by atoms with Gasteiger partial charge >= 0.3 is 0 Å². The Hall–Kier alpha value is -1.08. The quantitative estimate of drug-likeness (QED) is 0.925. The molecule has 0 radical (unpaired) electrons. The Morgan fingerprint density at radius 2 is 2.16 bits per heavy atom. The Kier molecular flexibility index (Phi) is 4.81. The zero-order chi connectivity index (χ0) is 13.8. The fourth-order valence-electron chi connectivity index (χ4n) is 2.74. The number of benzene rings is 1. The summed E-state index contributed by atoms with van der Waals surface area (Å²) < 4.78 is 0. The van der Waals surface area contributed by atoms with Crippen LogP contribution in [-0.4, -0.2) is 29.2 Å². The molecule has 0 aromatic heterocycles. The van der Waals surface area contributed by atoms with Crippen molar-refractivity contribution in [3.8, 4) is 6.07 Å². The number of hydrogen-bond acceptors (Lipinski definition) is 3. The number of nitriles is 1. The molecule has 0 bridgehead atoms. The van der Waals surface area contributed by atoms with Gasteiger partial charge in [0.1, 0.15) is 0 Å². The summed E-state index contributed by atoms with van der Waals surface area (Å²) in [5, 5.41) is 19.5. The number of nitrogens with zero attached hydrogens (tertiary/aromatic N) is 2. The third kappa shape index (κ3) is 3.48. The molecule has 0 saturated heterocycles. The Balaban J connectivity index is 2.06. The predicted molar refractivity (Wildman–Crippen MR) is 75.9 cm³/mol. The minimum absolute atomic E-state index is 0.209. The molecule has 102 valence electrons. The van der Waals surface area contributed by atoms with Crippen LogP contribution in [0, 0.1) is 11.3 Å². The first-order valence-electron chi connectivity index (χ1n) is 6.68. The van der Waals surface area contributed by atoms with Gasteiger partial charge in [0.25, 0.3) is 0 Å². The Bertz CT molecular complexity index is 484. The van der Waals surface area contributed by atoms with E-state index in [4.69, 9.17) is 16.9 Å². The first-order chi connectivity index (χ1) is 9.11. The lowest BCUT2D eigenvalue weighted by atomic mass is 9.91. The zero-order valence-electron chi connectivity index (χ0n) is 11.1. The van der Waals surface area contributed by atoms with E-state index in [0.717, 1.165) is 24.8 Å². The van der Waals surface area contributed by atoms with E-state index >= 15 is 0 Å². The number of hydrogen-bond donors (Lipinski definition) is 1. The van der Waals surface area contributed by atoms with Crippen molar-refractivity contribution in [3.05, 3.63) is 34.3 Å². The smallest absolute Gasteiger partial charge is 0.0992 e. The molecule has 0 spiro atoms. The van der Waals surface area contributed by atoms with Gasteiger partial charge in [-0.25, -0.2) is 0 Å². The summed E-state index contributed by atoms with van der Waals surface area (Å²) in [6.45, 7) is 0.701. The van der Waals surface area contributed by atoms with Crippen LogP contribution in [0.15, 0.2) is 18.2 Å². The van der Waals surface area contributed by atoms with Gasteiger partial charge in [-0.2, -0.15) is 5.26 Å². The van der Waals surface area contributed by atoms with E-state index in [-0.39, 0.29) is 12.1 Å². The lowest BCUT2D eigenvalue weighted by Crippen LogP contribution is -2.42. The van der Waals surface area contributed by atoms with Gasteiger partial charge in [-0.05, 0) is 37.6 Å². The summed E-state index contributed by atoms with van der Waals surface area (Å²) in [7, 11) is 2.02. The molecule has 2 unspecified atom stereocenters. The molecule has 1 fully saturated rings. The maximum atomic E-state index is 10.1. The maximum Gasteiger partial charge on any atom is 0.0992 e. The summed E-state index contributed by atoms with van der Waals surface area (Å²) >= 11 is 6.19. The number of aliphatic hydroxyl groups is 1. The lowest BCUT2D eigenvalue weighted by Gasteiger charge is -2.35. The summed E-state index contributed by atoms with van der Waals surface area (Å²) in [5.41, 5.74) is 1.58. The molecule has 0 amide bonds. The standard InChI is InChI=1S/C15H19ClN2O/c1-18(14-4-2-3-5-15(14)19)10-12-7-6-11(9-17)8-13(12)16/h6-8,14-15,19H,2-5,10H2,1H3. The molecular formula is C15H19ClN2O. The molecular weight excluding hydrogens is 260 g/mol. The fraction of sp³-hybridized carbons (Fsp3) is 0.533. The summed E-state index contributed by atoms with van der Waals surface area (Å²) in [6.07, 6.45) is 3.97. The summed E-state index contributed by atoms with van der Waals surface area (Å²) in [6, 6.07) is 7.67. The molecule has 1 aromatic carbocycles. The van der Waals surface area contributed by atoms with Gasteiger partial charge in [-0.1, -0.05) is 30.5 Å². The number of rotatable bonds is 3. The van der Waals surface area contributed by atoms with Crippen LogP contribution in [0.25, 0.3) is 0 Å². The van der Waals surface area contributed by atoms with E-state index in [0.29, 0.717) is 17.1 Å². The molecule has 3 nitrogen and oxygen atoms in total. The van der Waals surface area contributed by atoms with Crippen molar-refractivity contribution in [2.75, 3.05) is 7.05 Å². The van der Waals surface area contributed by atoms with Crippen molar-refractivity contribution in [3.63, 3.8) is 0 Å². The van der Waals surface area contributed by atoms with Gasteiger partial charge in [0.15, 0.2) is 0 Å². The second-order valence-electron chi connectivity index (χ2n) is 5.25. The van der Waals surface area contributed by atoms with Gasteiger partial charge in [0.05, 0.1) is 17.7 Å². The molecule has 1 saturated carbocycles. The van der Waals surface area contributed by atoms with Crippen molar-refractivity contribution in [1.29, 1.82) is 5.26 Å². The van der Waals surface area contributed by atoms with Gasteiger partial charge < -0.3 is 5.11 Å². The van der Waals surface area contributed by atoms with E-state index in [1.54, 1.807) is 12.1 Å². The summed E-state index contributed by atoms with van der Waals surface area (Å²) in [5.74, 6) is 0. The number of aliphatic hydroxyl groups excluding tert-OH is 1. The van der Waals surface area contributed by atoms with Crippen molar-refractivity contribution in [2.45, 2.75) is 44.4 Å². The molecule has 2 rings (SSSR count). The fourth-order valence-corrected chi connectivity index (χ4v) is 2.98. The minimum Gasteiger partial charge on any atom is -0.391 e. The predicted octanol–water partition coefficient (Wildman–Crippen LogP) is 2.95. The number of halogens is 1. The van der Waals surface area contributed by atoms with E-state index in [1.807, 2.05) is 13.1 Å². The Labute approximate surface area is 119 Å². The molecule has 1 aliphatic rings.